The molecule has 1 heterocycles. The van der Waals surface area contributed by atoms with Crippen LogP contribution in [0.5, 0.6) is 17.2 Å². The second kappa shape index (κ2) is 10.6. The third-order valence-electron chi connectivity index (χ3n) is 5.08. The van der Waals surface area contributed by atoms with E-state index >= 15 is 0 Å². The first-order valence-corrected chi connectivity index (χ1v) is 11.1. The van der Waals surface area contributed by atoms with E-state index in [1.807, 2.05) is 48.5 Å². The zero-order valence-corrected chi connectivity index (χ0v) is 19.8. The highest BCUT2D eigenvalue weighted by molar-refractivity contribution is 9.10. The Morgan fingerprint density at radius 2 is 1.85 bits per heavy atom. The predicted molar refractivity (Wildman–Crippen MR) is 127 cm³/mol. The lowest BCUT2D eigenvalue weighted by Gasteiger charge is -2.28. The van der Waals surface area contributed by atoms with Crippen LogP contribution in [-0.4, -0.2) is 20.2 Å². The Bertz CT molecular complexity index is 1160. The van der Waals surface area contributed by atoms with Gasteiger partial charge in [0.1, 0.15) is 12.4 Å². The van der Waals surface area contributed by atoms with Crippen LogP contribution in [0.25, 0.3) is 6.08 Å². The Kier molecular flexibility index (Phi) is 7.32. The van der Waals surface area contributed by atoms with Gasteiger partial charge < -0.3 is 23.7 Å². The minimum Gasteiger partial charge on any atom is -0.493 e. The number of rotatable bonds is 7. The van der Waals surface area contributed by atoms with Crippen molar-refractivity contribution in [2.75, 3.05) is 14.2 Å². The molecule has 0 aliphatic carbocycles. The van der Waals surface area contributed by atoms with Gasteiger partial charge in [0, 0.05) is 27.2 Å². The topological polar surface area (TPSA) is 63.2 Å². The number of ether oxygens (including phenoxy) is 5. The van der Waals surface area contributed by atoms with Gasteiger partial charge in [-0.1, -0.05) is 52.3 Å². The second-order valence-electron chi connectivity index (χ2n) is 7.28. The van der Waals surface area contributed by atoms with Gasteiger partial charge in [0.05, 0.1) is 20.8 Å². The molecular formula is C26H23BrO6. The zero-order valence-electron chi connectivity index (χ0n) is 18.2. The molecule has 33 heavy (non-hydrogen) atoms. The molecule has 170 valence electrons. The van der Waals surface area contributed by atoms with Crippen LogP contribution < -0.4 is 14.2 Å². The molecule has 3 aromatic rings. The first kappa shape index (κ1) is 22.9. The maximum Gasteiger partial charge on any atom is 0.331 e. The van der Waals surface area contributed by atoms with Crippen molar-refractivity contribution in [3.05, 3.63) is 93.5 Å². The van der Waals surface area contributed by atoms with Crippen LogP contribution in [0.15, 0.2) is 71.2 Å². The molecule has 1 unspecified atom stereocenters. The fourth-order valence-electron chi connectivity index (χ4n) is 3.48. The van der Waals surface area contributed by atoms with Crippen LogP contribution in [0, 0.1) is 0 Å². The number of hydrogen-bond donors (Lipinski definition) is 0. The maximum absolute atomic E-state index is 12.4. The molecule has 0 saturated carbocycles. The number of fused-ring (bicyclic) bond motifs is 1. The van der Waals surface area contributed by atoms with E-state index in [-0.39, 0.29) is 6.61 Å². The van der Waals surface area contributed by atoms with E-state index in [9.17, 15) is 4.79 Å². The lowest BCUT2D eigenvalue weighted by molar-refractivity contribution is -0.139. The van der Waals surface area contributed by atoms with E-state index in [0.717, 1.165) is 26.7 Å². The predicted octanol–water partition coefficient (Wildman–Crippen LogP) is 5.83. The Morgan fingerprint density at radius 1 is 1.06 bits per heavy atom. The Morgan fingerprint density at radius 3 is 2.61 bits per heavy atom. The number of benzene rings is 3. The average Bonchev–Trinajstić information content (AvgIpc) is 2.86. The Hall–Kier alpha value is -3.29. The van der Waals surface area contributed by atoms with Crippen molar-refractivity contribution in [2.24, 2.45) is 0 Å². The van der Waals surface area contributed by atoms with E-state index in [2.05, 4.69) is 15.9 Å². The molecule has 0 aromatic heterocycles. The van der Waals surface area contributed by atoms with Crippen molar-refractivity contribution in [1.29, 1.82) is 0 Å². The highest BCUT2D eigenvalue weighted by Gasteiger charge is 2.25. The summed E-state index contributed by atoms with van der Waals surface area (Å²) in [5.74, 6) is 1.41. The van der Waals surface area contributed by atoms with Crippen LogP contribution in [0.2, 0.25) is 0 Å². The molecule has 0 bridgehead atoms. The number of carbonyl (C=O) groups is 1. The van der Waals surface area contributed by atoms with Gasteiger partial charge in [0.15, 0.2) is 11.5 Å². The SMILES string of the molecule is COc1ccc(/C=C/C(=O)OCc2cc(Br)cc3c2OC(c2ccccc2)OC3)cc1OC. The van der Waals surface area contributed by atoms with Crippen LogP contribution in [0.3, 0.4) is 0 Å². The van der Waals surface area contributed by atoms with E-state index in [0.29, 0.717) is 23.9 Å². The standard InChI is InChI=1S/C26H23BrO6/c1-29-22-10-8-17(12-23(22)30-2)9-11-24(28)31-15-19-13-21(27)14-20-16-32-26(33-25(19)20)18-6-4-3-5-7-18/h3-14,26H,15-16H2,1-2H3/b11-9+. The van der Waals surface area contributed by atoms with Crippen molar-refractivity contribution < 1.29 is 28.5 Å². The Balaban J connectivity index is 1.45. The molecule has 6 nitrogen and oxygen atoms in total. The summed E-state index contributed by atoms with van der Waals surface area (Å²) in [7, 11) is 3.14. The van der Waals surface area contributed by atoms with Gasteiger partial charge in [0.2, 0.25) is 6.29 Å². The monoisotopic (exact) mass is 510 g/mol. The first-order valence-electron chi connectivity index (χ1n) is 10.3. The molecule has 0 saturated heterocycles. The summed E-state index contributed by atoms with van der Waals surface area (Å²) in [5, 5.41) is 0. The first-order chi connectivity index (χ1) is 16.1. The summed E-state index contributed by atoms with van der Waals surface area (Å²) in [5.41, 5.74) is 3.36. The zero-order chi connectivity index (χ0) is 23.2. The maximum atomic E-state index is 12.4. The van der Waals surface area contributed by atoms with Gasteiger partial charge in [-0.3, -0.25) is 0 Å². The van der Waals surface area contributed by atoms with E-state index in [1.54, 1.807) is 32.4 Å². The molecule has 3 aromatic carbocycles. The minimum atomic E-state index is -0.515. The summed E-state index contributed by atoms with van der Waals surface area (Å²) in [6.45, 7) is 0.465. The number of halogens is 1. The lowest BCUT2D eigenvalue weighted by Crippen LogP contribution is -2.19. The van der Waals surface area contributed by atoms with Crippen molar-refractivity contribution in [3.8, 4) is 17.2 Å². The summed E-state index contributed by atoms with van der Waals surface area (Å²) < 4.78 is 28.9. The fraction of sp³-hybridized carbons (Fsp3) is 0.192. The molecular weight excluding hydrogens is 488 g/mol. The summed E-state index contributed by atoms with van der Waals surface area (Å²) >= 11 is 3.51. The molecule has 0 spiro atoms. The van der Waals surface area contributed by atoms with Crippen LogP contribution in [-0.2, 0) is 27.5 Å². The number of methoxy groups -OCH3 is 2. The van der Waals surface area contributed by atoms with Crippen molar-refractivity contribution in [1.82, 2.24) is 0 Å². The number of hydrogen-bond acceptors (Lipinski definition) is 6. The Labute approximate surface area is 200 Å². The van der Waals surface area contributed by atoms with E-state index < -0.39 is 12.3 Å². The molecule has 0 N–H and O–H groups in total. The molecule has 1 atom stereocenters. The van der Waals surface area contributed by atoms with Crippen LogP contribution >= 0.6 is 15.9 Å². The number of carbonyl (C=O) groups excluding carboxylic acids is 1. The largest absolute Gasteiger partial charge is 0.493 e. The minimum absolute atomic E-state index is 0.0678. The van der Waals surface area contributed by atoms with Gasteiger partial charge in [-0.2, -0.15) is 0 Å². The molecule has 0 radical (unpaired) electrons. The van der Waals surface area contributed by atoms with Gasteiger partial charge in [-0.15, -0.1) is 0 Å². The summed E-state index contributed by atoms with van der Waals surface area (Å²) in [6, 6.07) is 18.9. The summed E-state index contributed by atoms with van der Waals surface area (Å²) in [4.78, 5) is 12.4. The van der Waals surface area contributed by atoms with Crippen LogP contribution in [0.4, 0.5) is 0 Å². The molecule has 1 aliphatic heterocycles. The number of esters is 1. The quantitative estimate of drug-likeness (QED) is 0.294. The molecule has 0 amide bonds. The van der Waals surface area contributed by atoms with E-state index in [1.165, 1.54) is 6.08 Å². The third-order valence-corrected chi connectivity index (χ3v) is 5.54. The smallest absolute Gasteiger partial charge is 0.331 e. The van der Waals surface area contributed by atoms with Gasteiger partial charge >= 0.3 is 5.97 Å². The molecule has 0 fully saturated rings. The lowest BCUT2D eigenvalue weighted by atomic mass is 10.1. The van der Waals surface area contributed by atoms with Gasteiger partial charge in [-0.05, 0) is 35.9 Å². The second-order valence-corrected chi connectivity index (χ2v) is 8.20. The van der Waals surface area contributed by atoms with Crippen molar-refractivity contribution >= 4 is 28.0 Å². The molecule has 4 rings (SSSR count). The van der Waals surface area contributed by atoms with Gasteiger partial charge in [-0.25, -0.2) is 4.79 Å². The van der Waals surface area contributed by atoms with Crippen LogP contribution in [0.1, 0.15) is 28.5 Å². The van der Waals surface area contributed by atoms with E-state index in [4.69, 9.17) is 23.7 Å². The normalized spacial score (nSPS) is 14.9. The average molecular weight is 511 g/mol. The summed E-state index contributed by atoms with van der Waals surface area (Å²) in [6.07, 6.45) is 2.53. The third kappa shape index (κ3) is 5.56. The highest BCUT2D eigenvalue weighted by atomic mass is 79.9. The van der Waals surface area contributed by atoms with Crippen molar-refractivity contribution in [2.45, 2.75) is 19.5 Å². The molecule has 7 heteroatoms. The molecule has 1 aliphatic rings. The fourth-order valence-corrected chi connectivity index (χ4v) is 4.03. The van der Waals surface area contributed by atoms with Crippen molar-refractivity contribution in [3.63, 3.8) is 0 Å². The van der Waals surface area contributed by atoms with Gasteiger partial charge in [0.25, 0.3) is 0 Å². The highest BCUT2D eigenvalue weighted by Crippen LogP contribution is 2.38.